The maximum atomic E-state index is 14.0. The fourth-order valence-electron chi connectivity index (χ4n) is 5.29. The number of nitrogens with one attached hydrogen (secondary N) is 2. The van der Waals surface area contributed by atoms with Crippen LogP contribution in [0.4, 0.5) is 5.82 Å². The molecule has 1 spiro atoms. The molecule has 6 rings (SSSR count). The molecule has 2 aromatic heterocycles. The van der Waals surface area contributed by atoms with Crippen LogP contribution >= 0.6 is 0 Å². The van der Waals surface area contributed by atoms with Gasteiger partial charge < -0.3 is 24.8 Å². The number of amides is 3. The number of anilines is 1. The monoisotopic (exact) mass is 525 g/mol. The highest BCUT2D eigenvalue weighted by Gasteiger charge is 2.56. The van der Waals surface area contributed by atoms with E-state index in [4.69, 9.17) is 4.74 Å². The van der Waals surface area contributed by atoms with Gasteiger partial charge in [-0.15, -0.1) is 0 Å². The van der Waals surface area contributed by atoms with Crippen LogP contribution in [0.5, 0.6) is 5.75 Å². The number of fused-ring (bicyclic) bond motifs is 1. The lowest BCUT2D eigenvalue weighted by Gasteiger charge is -2.34. The first-order valence-electron chi connectivity index (χ1n) is 12.9. The molecule has 3 atom stereocenters. The zero-order chi connectivity index (χ0) is 27.1. The van der Waals surface area contributed by atoms with Gasteiger partial charge in [0.25, 0.3) is 11.8 Å². The third-order valence-corrected chi connectivity index (χ3v) is 7.66. The Morgan fingerprint density at radius 1 is 1.23 bits per heavy atom. The maximum Gasteiger partial charge on any atom is 0.272 e. The summed E-state index contributed by atoms with van der Waals surface area (Å²) < 4.78 is 6.09. The Bertz CT molecular complexity index is 1480. The molecule has 1 aliphatic carbocycles. The van der Waals surface area contributed by atoms with Gasteiger partial charge in [-0.25, -0.2) is 9.97 Å². The van der Waals surface area contributed by atoms with Crippen LogP contribution in [0.2, 0.25) is 0 Å². The van der Waals surface area contributed by atoms with Gasteiger partial charge in [0.05, 0.1) is 18.8 Å². The first-order chi connectivity index (χ1) is 18.9. The molecule has 3 aliphatic rings. The van der Waals surface area contributed by atoms with Crippen LogP contribution in [-0.2, 0) is 9.59 Å². The molecular formula is C28H27N7O4. The third-order valence-electron chi connectivity index (χ3n) is 7.66. The number of nitriles is 1. The van der Waals surface area contributed by atoms with Crippen LogP contribution in [0.15, 0.2) is 54.9 Å². The van der Waals surface area contributed by atoms with Crippen molar-refractivity contribution in [3.05, 3.63) is 60.6 Å². The molecule has 198 valence electrons. The predicted octanol–water partition coefficient (Wildman–Crippen LogP) is 2.61. The van der Waals surface area contributed by atoms with Gasteiger partial charge in [0.2, 0.25) is 11.5 Å². The van der Waals surface area contributed by atoms with Crippen molar-refractivity contribution in [1.82, 2.24) is 24.8 Å². The Morgan fingerprint density at radius 2 is 2.03 bits per heavy atom. The van der Waals surface area contributed by atoms with Gasteiger partial charge in [0.1, 0.15) is 23.6 Å². The van der Waals surface area contributed by atoms with E-state index in [1.165, 1.54) is 16.0 Å². The van der Waals surface area contributed by atoms with Crippen LogP contribution in [0.3, 0.4) is 0 Å². The van der Waals surface area contributed by atoms with Gasteiger partial charge in [-0.3, -0.25) is 14.4 Å². The van der Waals surface area contributed by atoms with Crippen LogP contribution in [0.25, 0.3) is 11.4 Å². The highest BCUT2D eigenvalue weighted by molar-refractivity contribution is 6.01. The topological polar surface area (TPSA) is 144 Å². The summed E-state index contributed by atoms with van der Waals surface area (Å²) in [5, 5.41) is 12.7. The van der Waals surface area contributed by atoms with E-state index in [0.717, 1.165) is 18.4 Å². The molecule has 3 aromatic rings. The Morgan fingerprint density at radius 3 is 2.77 bits per heavy atom. The number of hydrogen-bond acceptors (Lipinski definition) is 7. The van der Waals surface area contributed by atoms with E-state index in [9.17, 15) is 19.6 Å². The third kappa shape index (κ3) is 4.48. The van der Waals surface area contributed by atoms with E-state index in [1.807, 2.05) is 30.3 Å². The summed E-state index contributed by atoms with van der Waals surface area (Å²) in [5.41, 5.74) is -0.308. The molecule has 1 saturated carbocycles. The summed E-state index contributed by atoms with van der Waals surface area (Å²) >= 11 is 0. The molecule has 1 saturated heterocycles. The molecule has 0 radical (unpaired) electrons. The van der Waals surface area contributed by atoms with Crippen molar-refractivity contribution in [1.29, 1.82) is 5.26 Å². The number of imidazole rings is 1. The minimum Gasteiger partial charge on any atom is -0.472 e. The average molecular weight is 526 g/mol. The Balaban J connectivity index is 1.25. The summed E-state index contributed by atoms with van der Waals surface area (Å²) in [7, 11) is 1.59. The smallest absolute Gasteiger partial charge is 0.272 e. The number of likely N-dealkylation sites (N-methyl/N-ethyl adjacent to an activating group) is 1. The lowest BCUT2D eigenvalue weighted by molar-refractivity contribution is -0.138. The predicted molar refractivity (Wildman–Crippen MR) is 139 cm³/mol. The van der Waals surface area contributed by atoms with E-state index in [0.29, 0.717) is 29.7 Å². The van der Waals surface area contributed by atoms with E-state index in [1.54, 1.807) is 25.4 Å². The molecule has 2 aliphatic heterocycles. The molecule has 3 amide bonds. The fraction of sp³-hybridized carbons (Fsp3) is 0.357. The van der Waals surface area contributed by atoms with E-state index in [2.05, 4.69) is 26.3 Å². The number of nitrogens with zero attached hydrogens (tertiary/aromatic N) is 5. The zero-order valence-electron chi connectivity index (χ0n) is 21.3. The van der Waals surface area contributed by atoms with E-state index in [-0.39, 0.29) is 30.5 Å². The number of likely N-dealkylation sites (tertiary alicyclic amines) is 1. The zero-order valence-corrected chi connectivity index (χ0v) is 21.3. The number of aromatic amines is 1. The van der Waals surface area contributed by atoms with E-state index < -0.39 is 23.6 Å². The Labute approximate surface area is 224 Å². The standard InChI is InChI=1S/C28H27N7O4/c1-34(25(36)20-15-31-23(32-20)18-6-3-2-4-7-18)21(12-17-9-10-17)26(37)35-16-28(13-19(35)14-29)27(38)33-24-22(39-28)8-5-11-30-24/h2-8,11,15,17,19,21H,9-10,12-13,16H2,1H3,(H,31,32)(H,30,33,38)/t19-,21-,28+/m0/s1. The van der Waals surface area contributed by atoms with Crippen molar-refractivity contribution in [3.63, 3.8) is 0 Å². The van der Waals surface area contributed by atoms with Crippen molar-refractivity contribution in [2.75, 3.05) is 18.9 Å². The van der Waals surface area contributed by atoms with Crippen molar-refractivity contribution in [2.24, 2.45) is 5.92 Å². The number of carbonyl (C=O) groups is 3. The summed E-state index contributed by atoms with van der Waals surface area (Å²) in [5.74, 6) is 0.364. The van der Waals surface area contributed by atoms with Crippen molar-refractivity contribution < 1.29 is 19.1 Å². The molecule has 11 nitrogen and oxygen atoms in total. The molecule has 11 heteroatoms. The quantitative estimate of drug-likeness (QED) is 0.503. The van der Waals surface area contributed by atoms with Gasteiger partial charge in [-0.2, -0.15) is 5.26 Å². The van der Waals surface area contributed by atoms with Gasteiger partial charge >= 0.3 is 0 Å². The second kappa shape index (κ2) is 9.54. The highest BCUT2D eigenvalue weighted by atomic mass is 16.5. The second-order valence-corrected chi connectivity index (χ2v) is 10.3. The molecule has 0 bridgehead atoms. The molecule has 0 unspecified atom stereocenters. The SMILES string of the molecule is CN(C(=O)c1cnc(-c2ccccc2)[nH]1)[C@@H](CC1CC1)C(=O)N1C[C@@]2(C[C@H]1C#N)Oc1cccnc1NC2=O. The lowest BCUT2D eigenvalue weighted by Crippen LogP contribution is -2.55. The van der Waals surface area contributed by atoms with Crippen LogP contribution in [0, 0.1) is 17.2 Å². The van der Waals surface area contributed by atoms with Crippen molar-refractivity contribution in [3.8, 4) is 23.2 Å². The Kier molecular flexibility index (Phi) is 6.02. The largest absolute Gasteiger partial charge is 0.472 e. The van der Waals surface area contributed by atoms with Crippen LogP contribution < -0.4 is 10.1 Å². The molecule has 1 aromatic carbocycles. The summed E-state index contributed by atoms with van der Waals surface area (Å²) in [4.78, 5) is 55.0. The minimum atomic E-state index is -1.41. The lowest BCUT2D eigenvalue weighted by atomic mass is 9.97. The number of benzene rings is 1. The van der Waals surface area contributed by atoms with Gasteiger partial charge in [-0.05, 0) is 24.5 Å². The van der Waals surface area contributed by atoms with Crippen LogP contribution in [0.1, 0.15) is 36.2 Å². The fourth-order valence-corrected chi connectivity index (χ4v) is 5.29. The summed E-state index contributed by atoms with van der Waals surface area (Å²) in [6.45, 7) is -0.102. The number of carbonyl (C=O) groups excluding carboxylic acids is 3. The number of pyridine rings is 1. The van der Waals surface area contributed by atoms with Crippen LogP contribution in [-0.4, -0.2) is 73.8 Å². The molecule has 4 heterocycles. The van der Waals surface area contributed by atoms with Gasteiger partial charge in [-0.1, -0.05) is 43.2 Å². The first-order valence-corrected chi connectivity index (χ1v) is 12.9. The Hall–Kier alpha value is -4.72. The minimum absolute atomic E-state index is 0.0181. The number of rotatable bonds is 6. The van der Waals surface area contributed by atoms with Crippen molar-refractivity contribution >= 4 is 23.5 Å². The maximum absolute atomic E-state index is 14.0. The number of aromatic nitrogens is 3. The normalized spacial score (nSPS) is 22.4. The summed E-state index contributed by atoms with van der Waals surface area (Å²) in [6.07, 6.45) is 5.46. The number of ether oxygens (including phenoxy) is 1. The first kappa shape index (κ1) is 24.6. The van der Waals surface area contributed by atoms with Crippen molar-refractivity contribution in [2.45, 2.75) is 43.4 Å². The molecule has 2 fully saturated rings. The molecular weight excluding hydrogens is 498 g/mol. The number of H-pyrrole nitrogens is 1. The second-order valence-electron chi connectivity index (χ2n) is 10.3. The molecule has 39 heavy (non-hydrogen) atoms. The van der Waals surface area contributed by atoms with Gasteiger partial charge in [0, 0.05) is 25.2 Å². The average Bonchev–Trinajstić information content (AvgIpc) is 3.50. The van der Waals surface area contributed by atoms with Gasteiger partial charge in [0.15, 0.2) is 11.6 Å². The van der Waals surface area contributed by atoms with E-state index >= 15 is 0 Å². The summed E-state index contributed by atoms with van der Waals surface area (Å²) in [6, 6.07) is 13.3. The number of hydrogen-bond donors (Lipinski definition) is 2. The highest BCUT2D eigenvalue weighted by Crippen LogP contribution is 2.40. The molecule has 2 N–H and O–H groups in total.